The fourth-order valence-corrected chi connectivity index (χ4v) is 2.95. The van der Waals surface area contributed by atoms with Crippen molar-refractivity contribution in [2.45, 2.75) is 19.9 Å². The van der Waals surface area contributed by atoms with E-state index in [2.05, 4.69) is 29.1 Å². The lowest BCUT2D eigenvalue weighted by molar-refractivity contribution is -0.128. The Labute approximate surface area is 104 Å². The quantitative estimate of drug-likeness (QED) is 0.460. The summed E-state index contributed by atoms with van der Waals surface area (Å²) in [6.07, 6.45) is 0.503. The maximum Gasteiger partial charge on any atom is 0.223 e. The number of carbonyl (C=O) groups excluding carboxylic acids is 1. The predicted octanol–water partition coefficient (Wildman–Crippen LogP) is 2.72. The lowest BCUT2D eigenvalue weighted by Gasteiger charge is -2.14. The fourth-order valence-electron chi connectivity index (χ4n) is 2.04. The van der Waals surface area contributed by atoms with Crippen molar-refractivity contribution >= 4 is 17.2 Å². The molecule has 1 amide bonds. The van der Waals surface area contributed by atoms with Crippen LogP contribution in [0.1, 0.15) is 16.2 Å². The second kappa shape index (κ2) is 5.21. The number of azide groups is 1. The number of hydrogen-bond acceptors (Lipinski definition) is 3. The van der Waals surface area contributed by atoms with E-state index in [-0.39, 0.29) is 11.8 Å². The normalized spacial score (nSPS) is 19.5. The van der Waals surface area contributed by atoms with E-state index in [4.69, 9.17) is 5.53 Å². The molecule has 1 aromatic heterocycles. The number of aryl methyl sites for hydroxylation is 1. The molecular weight excluding hydrogens is 236 g/mol. The molecule has 1 aliphatic rings. The third-order valence-electron chi connectivity index (χ3n) is 2.84. The molecule has 0 spiro atoms. The van der Waals surface area contributed by atoms with E-state index in [1.807, 2.05) is 4.90 Å². The first kappa shape index (κ1) is 12.0. The fraction of sp³-hybridized carbons (Fsp3) is 0.545. The monoisotopic (exact) mass is 250 g/mol. The zero-order chi connectivity index (χ0) is 12.3. The van der Waals surface area contributed by atoms with Crippen molar-refractivity contribution in [2.75, 3.05) is 13.1 Å². The number of amides is 1. The Morgan fingerprint density at radius 1 is 1.65 bits per heavy atom. The number of hydrogen-bond donors (Lipinski definition) is 0. The third kappa shape index (κ3) is 2.99. The average Bonchev–Trinajstić information content (AvgIpc) is 2.84. The molecule has 1 fully saturated rings. The first-order valence-corrected chi connectivity index (χ1v) is 6.34. The van der Waals surface area contributed by atoms with Crippen LogP contribution >= 0.6 is 11.3 Å². The summed E-state index contributed by atoms with van der Waals surface area (Å²) in [6.45, 7) is 3.87. The first-order chi connectivity index (χ1) is 8.19. The van der Waals surface area contributed by atoms with Crippen molar-refractivity contribution in [1.82, 2.24) is 4.90 Å². The van der Waals surface area contributed by atoms with Gasteiger partial charge in [-0.1, -0.05) is 5.11 Å². The highest BCUT2D eigenvalue weighted by molar-refractivity contribution is 7.11. The molecule has 0 radical (unpaired) electrons. The molecule has 0 N–H and O–H groups in total. The number of nitrogens with zero attached hydrogens (tertiary/aromatic N) is 4. The van der Waals surface area contributed by atoms with Crippen LogP contribution in [0.15, 0.2) is 17.2 Å². The first-order valence-electron chi connectivity index (χ1n) is 5.53. The molecule has 1 aromatic rings. The molecule has 1 saturated heterocycles. The second-order valence-corrected chi connectivity index (χ2v) is 5.64. The Bertz CT molecular complexity index is 464. The van der Waals surface area contributed by atoms with Gasteiger partial charge < -0.3 is 4.90 Å². The van der Waals surface area contributed by atoms with E-state index >= 15 is 0 Å². The van der Waals surface area contributed by atoms with E-state index in [1.54, 1.807) is 11.3 Å². The van der Waals surface area contributed by atoms with Gasteiger partial charge in [-0.2, -0.15) is 0 Å². The Hall–Kier alpha value is -1.52. The lowest BCUT2D eigenvalue weighted by Crippen LogP contribution is -2.24. The largest absolute Gasteiger partial charge is 0.337 e. The molecule has 1 aliphatic heterocycles. The Morgan fingerprint density at radius 3 is 3.12 bits per heavy atom. The molecule has 0 aliphatic carbocycles. The summed E-state index contributed by atoms with van der Waals surface area (Å²) in [5.74, 6) is 0.341. The number of rotatable bonds is 4. The minimum Gasteiger partial charge on any atom is -0.337 e. The van der Waals surface area contributed by atoms with Gasteiger partial charge in [0.2, 0.25) is 5.91 Å². The summed E-state index contributed by atoms with van der Waals surface area (Å²) in [4.78, 5) is 18.8. The lowest BCUT2D eigenvalue weighted by atomic mass is 10.1. The Morgan fingerprint density at radius 2 is 2.47 bits per heavy atom. The van der Waals surface area contributed by atoms with E-state index < -0.39 is 0 Å². The topological polar surface area (TPSA) is 69.1 Å². The highest BCUT2D eigenvalue weighted by Crippen LogP contribution is 2.23. The van der Waals surface area contributed by atoms with Crippen LogP contribution in [0.3, 0.4) is 0 Å². The summed E-state index contributed by atoms with van der Waals surface area (Å²) >= 11 is 1.72. The van der Waals surface area contributed by atoms with Gasteiger partial charge >= 0.3 is 0 Å². The van der Waals surface area contributed by atoms with Crippen molar-refractivity contribution in [3.63, 3.8) is 0 Å². The van der Waals surface area contributed by atoms with E-state index in [0.717, 1.165) is 0 Å². The summed E-state index contributed by atoms with van der Waals surface area (Å²) in [5, 5.41) is 3.54. The summed E-state index contributed by atoms with van der Waals surface area (Å²) in [5.41, 5.74) is 8.26. The van der Waals surface area contributed by atoms with Gasteiger partial charge in [-0.05, 0) is 30.5 Å². The molecule has 6 heteroatoms. The van der Waals surface area contributed by atoms with Crippen LogP contribution in [-0.2, 0) is 11.3 Å². The van der Waals surface area contributed by atoms with Crippen molar-refractivity contribution in [3.8, 4) is 0 Å². The minimum atomic E-state index is 0.161. The minimum absolute atomic E-state index is 0.161. The van der Waals surface area contributed by atoms with Crippen molar-refractivity contribution in [1.29, 1.82) is 0 Å². The molecule has 1 atom stereocenters. The predicted molar refractivity (Wildman–Crippen MR) is 66.6 cm³/mol. The van der Waals surface area contributed by atoms with Gasteiger partial charge in [-0.15, -0.1) is 11.3 Å². The highest BCUT2D eigenvalue weighted by Gasteiger charge is 2.29. The molecule has 1 unspecified atom stereocenters. The van der Waals surface area contributed by atoms with Crippen LogP contribution < -0.4 is 0 Å². The number of likely N-dealkylation sites (tertiary alicyclic amines) is 1. The SMILES string of the molecule is Cc1ccc(CN2CC(CN=[N+]=[N-])CC2=O)s1. The van der Waals surface area contributed by atoms with E-state index in [0.29, 0.717) is 26.1 Å². The maximum absolute atomic E-state index is 11.8. The van der Waals surface area contributed by atoms with Gasteiger partial charge in [0.1, 0.15) is 0 Å². The van der Waals surface area contributed by atoms with Crippen LogP contribution in [0.5, 0.6) is 0 Å². The third-order valence-corrected chi connectivity index (χ3v) is 3.83. The van der Waals surface area contributed by atoms with Gasteiger partial charge in [0.15, 0.2) is 0 Å². The smallest absolute Gasteiger partial charge is 0.223 e. The molecule has 90 valence electrons. The van der Waals surface area contributed by atoms with Crippen LogP contribution in [0, 0.1) is 12.8 Å². The highest BCUT2D eigenvalue weighted by atomic mass is 32.1. The van der Waals surface area contributed by atoms with Crippen molar-refractivity contribution < 1.29 is 4.79 Å². The summed E-state index contributed by atoms with van der Waals surface area (Å²) in [6, 6.07) is 4.13. The Kier molecular flexibility index (Phi) is 3.66. The van der Waals surface area contributed by atoms with Crippen LogP contribution in [-0.4, -0.2) is 23.9 Å². The van der Waals surface area contributed by atoms with Gasteiger partial charge in [0.05, 0.1) is 6.54 Å². The Balaban J connectivity index is 1.94. The van der Waals surface area contributed by atoms with Crippen molar-refractivity contribution in [3.05, 3.63) is 32.3 Å². The maximum atomic E-state index is 11.8. The molecule has 5 nitrogen and oxygen atoms in total. The number of carbonyl (C=O) groups is 1. The second-order valence-electron chi connectivity index (χ2n) is 4.27. The van der Waals surface area contributed by atoms with Crippen molar-refractivity contribution in [2.24, 2.45) is 11.0 Å². The molecule has 2 rings (SSSR count). The zero-order valence-electron chi connectivity index (χ0n) is 9.67. The summed E-state index contributed by atoms with van der Waals surface area (Å²) in [7, 11) is 0. The average molecular weight is 250 g/mol. The van der Waals surface area contributed by atoms with Crippen LogP contribution in [0.4, 0.5) is 0 Å². The van der Waals surface area contributed by atoms with Gasteiger partial charge in [-0.25, -0.2) is 0 Å². The van der Waals surface area contributed by atoms with Crippen LogP contribution in [0.25, 0.3) is 10.4 Å². The molecular formula is C11H14N4OS. The standard InChI is InChI=1S/C11H14N4OS/c1-8-2-3-10(17-8)7-15-6-9(4-11(15)16)5-13-14-12/h2-3,9H,4-7H2,1H3. The molecule has 0 aromatic carbocycles. The molecule has 2 heterocycles. The van der Waals surface area contributed by atoms with E-state index in [1.165, 1.54) is 9.75 Å². The van der Waals surface area contributed by atoms with Gasteiger partial charge in [0, 0.05) is 34.2 Å². The zero-order valence-corrected chi connectivity index (χ0v) is 10.5. The molecule has 17 heavy (non-hydrogen) atoms. The van der Waals surface area contributed by atoms with E-state index in [9.17, 15) is 4.79 Å². The molecule has 0 saturated carbocycles. The van der Waals surface area contributed by atoms with Gasteiger partial charge in [-0.3, -0.25) is 4.79 Å². The molecule has 0 bridgehead atoms. The number of thiophene rings is 1. The van der Waals surface area contributed by atoms with Gasteiger partial charge in [0.25, 0.3) is 0 Å². The van der Waals surface area contributed by atoms with Crippen LogP contribution in [0.2, 0.25) is 0 Å². The summed E-state index contributed by atoms with van der Waals surface area (Å²) < 4.78 is 0.